The van der Waals surface area contributed by atoms with Crippen LogP contribution in [0.2, 0.25) is 0 Å². The van der Waals surface area contributed by atoms with Crippen LogP contribution >= 0.6 is 11.3 Å². The summed E-state index contributed by atoms with van der Waals surface area (Å²) in [4.78, 5) is 17.6. The SMILES string of the molecule is CCn1c(C(F)(F)F)cc2nc(-c3sc4ccccc4c3S(=O)(=O)CC)n(C)c2c1=O. The molecular formula is C20H18F3N3O3S2. The lowest BCUT2D eigenvalue weighted by atomic mass is 10.2. The number of alkyl halides is 3. The lowest BCUT2D eigenvalue weighted by molar-refractivity contribution is -0.144. The fourth-order valence-electron chi connectivity index (χ4n) is 3.69. The number of fused-ring (bicyclic) bond motifs is 2. The molecule has 0 aliphatic heterocycles. The molecule has 0 saturated heterocycles. The van der Waals surface area contributed by atoms with Gasteiger partial charge in [0, 0.05) is 23.7 Å². The highest BCUT2D eigenvalue weighted by Crippen LogP contribution is 2.42. The molecule has 0 atom stereocenters. The molecule has 11 heteroatoms. The number of rotatable bonds is 4. The highest BCUT2D eigenvalue weighted by molar-refractivity contribution is 7.92. The normalized spacial score (nSPS) is 12.8. The molecule has 0 spiro atoms. The van der Waals surface area contributed by atoms with Gasteiger partial charge in [0.2, 0.25) is 0 Å². The van der Waals surface area contributed by atoms with Crippen molar-refractivity contribution >= 4 is 42.3 Å². The lowest BCUT2D eigenvalue weighted by Crippen LogP contribution is -2.28. The zero-order valence-corrected chi connectivity index (χ0v) is 18.5. The number of nitrogens with zero attached hydrogens (tertiary/aromatic N) is 3. The van der Waals surface area contributed by atoms with Gasteiger partial charge in [-0.05, 0) is 19.1 Å². The van der Waals surface area contributed by atoms with Gasteiger partial charge in [0.05, 0.1) is 21.0 Å². The van der Waals surface area contributed by atoms with Crippen molar-refractivity contribution in [2.75, 3.05) is 5.75 Å². The fourth-order valence-corrected chi connectivity index (χ4v) is 6.56. The number of pyridine rings is 1. The van der Waals surface area contributed by atoms with Crippen molar-refractivity contribution in [3.8, 4) is 10.7 Å². The summed E-state index contributed by atoms with van der Waals surface area (Å²) in [6.07, 6.45) is -4.73. The van der Waals surface area contributed by atoms with Crippen LogP contribution in [0.1, 0.15) is 19.5 Å². The molecule has 0 amide bonds. The van der Waals surface area contributed by atoms with Crippen LogP contribution in [0.4, 0.5) is 13.2 Å². The molecule has 0 fully saturated rings. The summed E-state index contributed by atoms with van der Waals surface area (Å²) in [7, 11) is -2.17. The van der Waals surface area contributed by atoms with Crippen LogP contribution in [-0.4, -0.2) is 28.3 Å². The first-order valence-corrected chi connectivity index (χ1v) is 11.9. The van der Waals surface area contributed by atoms with Crippen LogP contribution in [0.25, 0.3) is 31.8 Å². The summed E-state index contributed by atoms with van der Waals surface area (Å²) in [5, 5.41) is 0.526. The number of aryl methyl sites for hydroxylation is 1. The molecule has 6 nitrogen and oxygen atoms in total. The fraction of sp³-hybridized carbons (Fsp3) is 0.300. The molecule has 3 aromatic heterocycles. The number of imidazole rings is 1. The van der Waals surface area contributed by atoms with E-state index in [4.69, 9.17) is 0 Å². The van der Waals surface area contributed by atoms with E-state index in [2.05, 4.69) is 4.98 Å². The number of hydrogen-bond donors (Lipinski definition) is 0. The van der Waals surface area contributed by atoms with Gasteiger partial charge in [0.15, 0.2) is 15.7 Å². The van der Waals surface area contributed by atoms with Crippen molar-refractivity contribution in [3.05, 3.63) is 46.4 Å². The summed E-state index contributed by atoms with van der Waals surface area (Å²) in [6, 6.07) is 7.79. The van der Waals surface area contributed by atoms with Gasteiger partial charge in [-0.25, -0.2) is 13.4 Å². The number of aromatic nitrogens is 3. The maximum atomic E-state index is 13.5. The Hall–Kier alpha value is -2.66. The molecule has 0 aliphatic rings. The van der Waals surface area contributed by atoms with Gasteiger partial charge in [-0.3, -0.25) is 4.79 Å². The maximum absolute atomic E-state index is 13.5. The molecule has 0 aliphatic carbocycles. The Labute approximate surface area is 179 Å². The summed E-state index contributed by atoms with van der Waals surface area (Å²) in [6.45, 7) is 2.82. The Balaban J connectivity index is 2.13. The molecule has 4 aromatic rings. The highest BCUT2D eigenvalue weighted by atomic mass is 32.2. The van der Waals surface area contributed by atoms with E-state index in [0.29, 0.717) is 19.5 Å². The van der Waals surface area contributed by atoms with E-state index in [1.54, 1.807) is 24.3 Å². The molecule has 164 valence electrons. The van der Waals surface area contributed by atoms with Gasteiger partial charge in [-0.2, -0.15) is 13.2 Å². The van der Waals surface area contributed by atoms with Crippen molar-refractivity contribution in [2.24, 2.45) is 7.05 Å². The first-order valence-electron chi connectivity index (χ1n) is 9.43. The highest BCUT2D eigenvalue weighted by Gasteiger charge is 2.36. The standard InChI is InChI=1S/C20H18F3N3O3S2/c1-4-26-14(20(21,22)23)10-12-15(19(26)27)25(3)18(24-12)16-17(31(28,29)5-2)11-8-6-7-9-13(11)30-16/h6-10H,4-5H2,1-3H3. The van der Waals surface area contributed by atoms with Crippen molar-refractivity contribution in [1.29, 1.82) is 0 Å². The molecule has 1 aromatic carbocycles. The Morgan fingerprint density at radius 1 is 1.16 bits per heavy atom. The topological polar surface area (TPSA) is 74.0 Å². The smallest absolute Gasteiger partial charge is 0.322 e. The molecule has 0 N–H and O–H groups in total. The zero-order chi connectivity index (χ0) is 22.7. The second-order valence-corrected chi connectivity index (χ2v) is 10.2. The summed E-state index contributed by atoms with van der Waals surface area (Å²) in [5.41, 5.74) is -2.05. The number of hydrogen-bond acceptors (Lipinski definition) is 5. The molecule has 31 heavy (non-hydrogen) atoms. The summed E-state index contributed by atoms with van der Waals surface area (Å²) in [5.74, 6) is -0.00627. The quantitative estimate of drug-likeness (QED) is 0.443. The van der Waals surface area contributed by atoms with Gasteiger partial charge in [0.25, 0.3) is 5.56 Å². The van der Waals surface area contributed by atoms with Crippen LogP contribution in [0, 0.1) is 0 Å². The largest absolute Gasteiger partial charge is 0.431 e. The molecule has 0 radical (unpaired) electrons. The number of benzene rings is 1. The minimum atomic E-state index is -4.73. The van der Waals surface area contributed by atoms with E-state index in [0.717, 1.165) is 6.07 Å². The maximum Gasteiger partial charge on any atom is 0.431 e. The zero-order valence-electron chi connectivity index (χ0n) is 16.8. The van der Waals surface area contributed by atoms with E-state index < -0.39 is 27.3 Å². The minimum absolute atomic E-state index is 0.0119. The molecule has 0 bridgehead atoms. The summed E-state index contributed by atoms with van der Waals surface area (Å²) >= 11 is 1.18. The van der Waals surface area contributed by atoms with Crippen molar-refractivity contribution < 1.29 is 21.6 Å². The van der Waals surface area contributed by atoms with Gasteiger partial charge in [-0.1, -0.05) is 25.1 Å². The van der Waals surface area contributed by atoms with Crippen molar-refractivity contribution in [1.82, 2.24) is 14.1 Å². The second-order valence-electron chi connectivity index (χ2n) is 6.96. The first kappa shape index (κ1) is 21.6. The predicted molar refractivity (Wildman–Crippen MR) is 114 cm³/mol. The predicted octanol–water partition coefficient (Wildman–Crippen LogP) is 4.45. The second kappa shape index (κ2) is 7.20. The third-order valence-electron chi connectivity index (χ3n) is 5.18. The van der Waals surface area contributed by atoms with E-state index >= 15 is 0 Å². The average Bonchev–Trinajstić information content (AvgIpc) is 3.25. The monoisotopic (exact) mass is 469 g/mol. The molecular weight excluding hydrogens is 451 g/mol. The average molecular weight is 470 g/mol. The Bertz CT molecular complexity index is 1500. The molecule has 3 heterocycles. The van der Waals surface area contributed by atoms with Gasteiger partial charge >= 0.3 is 6.18 Å². The Morgan fingerprint density at radius 2 is 1.84 bits per heavy atom. The van der Waals surface area contributed by atoms with E-state index in [1.807, 2.05) is 0 Å². The molecule has 4 rings (SSSR count). The Morgan fingerprint density at radius 3 is 2.45 bits per heavy atom. The van der Waals surface area contributed by atoms with Crippen molar-refractivity contribution in [2.45, 2.75) is 31.5 Å². The third kappa shape index (κ3) is 3.26. The van der Waals surface area contributed by atoms with Gasteiger partial charge < -0.3 is 9.13 Å². The first-order chi connectivity index (χ1) is 14.5. The molecule has 0 saturated carbocycles. The van der Waals surface area contributed by atoms with E-state index in [-0.39, 0.29) is 34.1 Å². The number of sulfone groups is 1. The minimum Gasteiger partial charge on any atom is -0.322 e. The van der Waals surface area contributed by atoms with Crippen LogP contribution in [0.5, 0.6) is 0 Å². The van der Waals surface area contributed by atoms with Crippen molar-refractivity contribution in [3.63, 3.8) is 0 Å². The third-order valence-corrected chi connectivity index (χ3v) is 8.29. The number of thiophene rings is 1. The van der Waals surface area contributed by atoms with Crippen LogP contribution in [0.15, 0.2) is 40.0 Å². The van der Waals surface area contributed by atoms with Gasteiger partial charge in [-0.15, -0.1) is 11.3 Å². The van der Waals surface area contributed by atoms with Gasteiger partial charge in [0.1, 0.15) is 11.2 Å². The van der Waals surface area contributed by atoms with Crippen LogP contribution < -0.4 is 5.56 Å². The number of halogens is 3. The summed E-state index contributed by atoms with van der Waals surface area (Å²) < 4.78 is 69.1. The lowest BCUT2D eigenvalue weighted by Gasteiger charge is -2.13. The van der Waals surface area contributed by atoms with E-state index in [1.165, 1.54) is 36.8 Å². The van der Waals surface area contributed by atoms with Crippen LogP contribution in [-0.2, 0) is 29.6 Å². The van der Waals surface area contributed by atoms with E-state index in [9.17, 15) is 26.4 Å². The Kier molecular flexibility index (Phi) is 5.01. The van der Waals surface area contributed by atoms with Crippen LogP contribution in [0.3, 0.4) is 0 Å². The molecule has 0 unspecified atom stereocenters.